The minimum absolute atomic E-state index is 0.0277. The molecule has 4 rings (SSSR count). The molecule has 13 heteroatoms. The second-order valence-electron chi connectivity index (χ2n) is 6.95. The number of aromatic nitrogens is 4. The standard InChI is InChI=1S/C21H18N6O7/c1-11-7-19(28)24-21(22-11)26-18(9-13(25-26)15-5-4-6-34-15)23-20(29)12-8-16(32-2)17(33-3)10-14(12)27(30)31/h4-10H,1-3H3,(H,23,29)(H,22,24,28). The highest BCUT2D eigenvalue weighted by molar-refractivity contribution is 6.07. The Balaban J connectivity index is 1.82. The molecule has 0 saturated heterocycles. The summed E-state index contributed by atoms with van der Waals surface area (Å²) in [5, 5.41) is 18.6. The summed E-state index contributed by atoms with van der Waals surface area (Å²) in [6.07, 6.45) is 1.45. The fourth-order valence-corrected chi connectivity index (χ4v) is 3.22. The zero-order valence-electron chi connectivity index (χ0n) is 18.2. The molecule has 0 fully saturated rings. The molecule has 0 saturated carbocycles. The predicted octanol–water partition coefficient (Wildman–Crippen LogP) is 2.70. The second-order valence-corrected chi connectivity index (χ2v) is 6.95. The molecule has 2 N–H and O–H groups in total. The quantitative estimate of drug-likeness (QED) is 0.307. The van der Waals surface area contributed by atoms with Crippen molar-refractivity contribution in [3.63, 3.8) is 0 Å². The Kier molecular flexibility index (Phi) is 5.82. The number of nitrogens with one attached hydrogen (secondary N) is 2. The summed E-state index contributed by atoms with van der Waals surface area (Å²) >= 11 is 0. The predicted molar refractivity (Wildman–Crippen MR) is 119 cm³/mol. The first-order chi connectivity index (χ1) is 16.3. The van der Waals surface area contributed by atoms with Gasteiger partial charge in [-0.3, -0.25) is 24.7 Å². The van der Waals surface area contributed by atoms with Gasteiger partial charge in [-0.2, -0.15) is 9.78 Å². The largest absolute Gasteiger partial charge is 0.493 e. The SMILES string of the molecule is COc1cc(C(=O)Nc2cc(-c3ccco3)nn2-c2nc(C)cc(=O)[nH]2)c([N+](=O)[O-])cc1OC. The van der Waals surface area contributed by atoms with Gasteiger partial charge in [-0.05, 0) is 19.1 Å². The average Bonchev–Trinajstić information content (AvgIpc) is 3.47. The molecule has 34 heavy (non-hydrogen) atoms. The molecule has 13 nitrogen and oxygen atoms in total. The number of benzene rings is 1. The lowest BCUT2D eigenvalue weighted by Gasteiger charge is -2.11. The van der Waals surface area contributed by atoms with Gasteiger partial charge in [0.1, 0.15) is 17.1 Å². The zero-order chi connectivity index (χ0) is 24.4. The van der Waals surface area contributed by atoms with Crippen LogP contribution < -0.4 is 20.3 Å². The van der Waals surface area contributed by atoms with Crippen LogP contribution in [-0.2, 0) is 0 Å². The molecule has 0 aliphatic rings. The molecular formula is C21H18N6O7. The molecule has 0 unspecified atom stereocenters. The van der Waals surface area contributed by atoms with Crippen LogP contribution in [0.1, 0.15) is 16.1 Å². The first-order valence-electron chi connectivity index (χ1n) is 9.74. The summed E-state index contributed by atoms with van der Waals surface area (Å²) in [7, 11) is 2.67. The number of nitro benzene ring substituents is 1. The van der Waals surface area contributed by atoms with Crippen LogP contribution >= 0.6 is 0 Å². The lowest BCUT2D eigenvalue weighted by atomic mass is 10.1. The number of nitrogens with zero attached hydrogens (tertiary/aromatic N) is 4. The molecule has 1 aromatic carbocycles. The van der Waals surface area contributed by atoms with Gasteiger partial charge in [-0.1, -0.05) is 0 Å². The number of H-pyrrole nitrogens is 1. The zero-order valence-corrected chi connectivity index (χ0v) is 18.2. The number of aromatic amines is 1. The Morgan fingerprint density at radius 1 is 1.21 bits per heavy atom. The van der Waals surface area contributed by atoms with Crippen molar-refractivity contribution in [1.29, 1.82) is 0 Å². The number of furan rings is 1. The second kappa shape index (κ2) is 8.90. The lowest BCUT2D eigenvalue weighted by Crippen LogP contribution is -2.19. The average molecular weight is 466 g/mol. The molecule has 0 aliphatic heterocycles. The third-order valence-electron chi connectivity index (χ3n) is 4.73. The first kappa shape index (κ1) is 22.3. The van der Waals surface area contributed by atoms with E-state index >= 15 is 0 Å². The van der Waals surface area contributed by atoms with Gasteiger partial charge in [-0.15, -0.1) is 0 Å². The molecule has 0 atom stereocenters. The minimum Gasteiger partial charge on any atom is -0.493 e. The number of carbonyl (C=O) groups excluding carboxylic acids is 1. The maximum atomic E-state index is 13.2. The van der Waals surface area contributed by atoms with E-state index in [9.17, 15) is 19.7 Å². The van der Waals surface area contributed by atoms with Crippen LogP contribution in [0, 0.1) is 17.0 Å². The monoisotopic (exact) mass is 466 g/mol. The van der Waals surface area contributed by atoms with Crippen LogP contribution in [0.25, 0.3) is 17.4 Å². The number of aryl methyl sites for hydroxylation is 1. The normalized spacial score (nSPS) is 10.7. The van der Waals surface area contributed by atoms with Crippen molar-refractivity contribution in [3.8, 4) is 28.9 Å². The Morgan fingerprint density at radius 2 is 1.94 bits per heavy atom. The number of amides is 1. The van der Waals surface area contributed by atoms with Crippen molar-refractivity contribution >= 4 is 17.4 Å². The number of hydrogen-bond acceptors (Lipinski definition) is 9. The summed E-state index contributed by atoms with van der Waals surface area (Å²) in [4.78, 5) is 42.8. The number of ether oxygens (including phenoxy) is 2. The van der Waals surface area contributed by atoms with E-state index < -0.39 is 22.1 Å². The van der Waals surface area contributed by atoms with Crippen LogP contribution in [0.4, 0.5) is 11.5 Å². The van der Waals surface area contributed by atoms with Crippen molar-refractivity contribution in [1.82, 2.24) is 19.7 Å². The number of methoxy groups -OCH3 is 2. The summed E-state index contributed by atoms with van der Waals surface area (Å²) in [5.74, 6) is -0.101. The van der Waals surface area contributed by atoms with Gasteiger partial charge in [0.2, 0.25) is 5.95 Å². The summed E-state index contributed by atoms with van der Waals surface area (Å²) in [5.41, 5.74) is -0.451. The fourth-order valence-electron chi connectivity index (χ4n) is 3.22. The topological polar surface area (TPSA) is 167 Å². The van der Waals surface area contributed by atoms with E-state index in [2.05, 4.69) is 20.4 Å². The maximum Gasteiger partial charge on any atom is 0.286 e. The highest BCUT2D eigenvalue weighted by Gasteiger charge is 2.26. The van der Waals surface area contributed by atoms with Crippen molar-refractivity contribution in [2.75, 3.05) is 19.5 Å². The van der Waals surface area contributed by atoms with Crippen LogP contribution in [0.2, 0.25) is 0 Å². The summed E-state index contributed by atoms with van der Waals surface area (Å²) in [6.45, 7) is 1.63. The molecule has 0 spiro atoms. The van der Waals surface area contributed by atoms with Gasteiger partial charge >= 0.3 is 0 Å². The third kappa shape index (κ3) is 4.21. The van der Waals surface area contributed by atoms with E-state index in [1.807, 2.05) is 0 Å². The number of hydrogen-bond donors (Lipinski definition) is 2. The maximum absolute atomic E-state index is 13.2. The molecular weight excluding hydrogens is 448 g/mol. The number of carbonyl (C=O) groups is 1. The van der Waals surface area contributed by atoms with E-state index in [1.165, 1.54) is 43.4 Å². The van der Waals surface area contributed by atoms with Gasteiger partial charge in [-0.25, -0.2) is 4.98 Å². The van der Waals surface area contributed by atoms with Crippen molar-refractivity contribution in [2.45, 2.75) is 6.92 Å². The van der Waals surface area contributed by atoms with E-state index in [4.69, 9.17) is 13.9 Å². The van der Waals surface area contributed by atoms with Gasteiger partial charge in [0.25, 0.3) is 17.2 Å². The summed E-state index contributed by atoms with van der Waals surface area (Å²) in [6, 6.07) is 8.39. The number of anilines is 1. The van der Waals surface area contributed by atoms with Crippen LogP contribution in [0.15, 0.2) is 51.9 Å². The van der Waals surface area contributed by atoms with Crippen LogP contribution in [0.5, 0.6) is 11.5 Å². The van der Waals surface area contributed by atoms with Crippen molar-refractivity contribution < 1.29 is 23.6 Å². The molecule has 0 radical (unpaired) electrons. The smallest absolute Gasteiger partial charge is 0.286 e. The molecule has 3 aromatic heterocycles. The lowest BCUT2D eigenvalue weighted by molar-refractivity contribution is -0.385. The highest BCUT2D eigenvalue weighted by Crippen LogP contribution is 2.35. The fraction of sp³-hybridized carbons (Fsp3) is 0.143. The Morgan fingerprint density at radius 3 is 2.56 bits per heavy atom. The van der Waals surface area contributed by atoms with Crippen molar-refractivity contribution in [3.05, 3.63) is 74.4 Å². The van der Waals surface area contributed by atoms with Crippen LogP contribution in [-0.4, -0.2) is 44.8 Å². The molecule has 0 aliphatic carbocycles. The number of nitro groups is 1. The van der Waals surface area contributed by atoms with E-state index in [1.54, 1.807) is 19.1 Å². The first-order valence-corrected chi connectivity index (χ1v) is 9.74. The molecule has 0 bridgehead atoms. The van der Waals surface area contributed by atoms with Gasteiger partial charge in [0.15, 0.2) is 17.3 Å². The van der Waals surface area contributed by atoms with E-state index in [0.717, 1.165) is 6.07 Å². The molecule has 174 valence electrons. The third-order valence-corrected chi connectivity index (χ3v) is 4.73. The van der Waals surface area contributed by atoms with E-state index in [0.29, 0.717) is 17.1 Å². The summed E-state index contributed by atoms with van der Waals surface area (Å²) < 4.78 is 16.8. The van der Waals surface area contributed by atoms with Crippen LogP contribution in [0.3, 0.4) is 0 Å². The van der Waals surface area contributed by atoms with E-state index in [-0.39, 0.29) is 28.8 Å². The Labute approximate surface area is 191 Å². The molecule has 1 amide bonds. The molecule has 4 aromatic rings. The minimum atomic E-state index is -0.824. The Bertz CT molecular complexity index is 1440. The van der Waals surface area contributed by atoms with Gasteiger partial charge in [0, 0.05) is 23.9 Å². The van der Waals surface area contributed by atoms with Gasteiger partial charge in [0.05, 0.1) is 31.5 Å². The van der Waals surface area contributed by atoms with Crippen molar-refractivity contribution in [2.24, 2.45) is 0 Å². The Hall–Kier alpha value is -4.94. The highest BCUT2D eigenvalue weighted by atomic mass is 16.6. The van der Waals surface area contributed by atoms with Gasteiger partial charge < -0.3 is 19.2 Å². The molecule has 3 heterocycles. The number of rotatable bonds is 7.